The van der Waals surface area contributed by atoms with Gasteiger partial charge in [0.15, 0.2) is 0 Å². The highest BCUT2D eigenvalue weighted by atomic mass is 79.9. The molecule has 4 heteroatoms. The molecule has 0 bridgehead atoms. The summed E-state index contributed by atoms with van der Waals surface area (Å²) >= 11 is 3.46. The fourth-order valence-electron chi connectivity index (χ4n) is 1.38. The van der Waals surface area contributed by atoms with Gasteiger partial charge in [-0.1, -0.05) is 13.8 Å². The second-order valence-corrected chi connectivity index (χ2v) is 4.69. The number of nitrogen functional groups attached to an aromatic ring is 1. The van der Waals surface area contributed by atoms with Crippen molar-refractivity contribution in [2.24, 2.45) is 5.92 Å². The summed E-state index contributed by atoms with van der Waals surface area (Å²) in [7, 11) is 2.06. The average molecular weight is 258 g/mol. The van der Waals surface area contributed by atoms with Crippen LogP contribution in [0.25, 0.3) is 0 Å². The number of pyridine rings is 1. The minimum Gasteiger partial charge on any atom is -0.384 e. The molecule has 0 saturated heterocycles. The first-order chi connectivity index (χ1) is 6.50. The van der Waals surface area contributed by atoms with Gasteiger partial charge in [0, 0.05) is 25.9 Å². The third-order valence-corrected chi connectivity index (χ3v) is 2.52. The van der Waals surface area contributed by atoms with Gasteiger partial charge in [-0.05, 0) is 21.8 Å². The molecule has 1 heterocycles. The minimum absolute atomic E-state index is 0.554. The lowest BCUT2D eigenvalue weighted by atomic mass is 10.2. The molecule has 0 aliphatic rings. The third kappa shape index (κ3) is 2.87. The van der Waals surface area contributed by atoms with Gasteiger partial charge in [-0.15, -0.1) is 0 Å². The van der Waals surface area contributed by atoms with Gasteiger partial charge in [-0.3, -0.25) is 0 Å². The van der Waals surface area contributed by atoms with Crippen LogP contribution < -0.4 is 10.6 Å². The first-order valence-electron chi connectivity index (χ1n) is 4.63. The van der Waals surface area contributed by atoms with Crippen molar-refractivity contribution in [3.05, 3.63) is 16.7 Å². The van der Waals surface area contributed by atoms with E-state index < -0.39 is 0 Å². The second kappa shape index (κ2) is 4.64. The van der Waals surface area contributed by atoms with Crippen molar-refractivity contribution in [3.8, 4) is 0 Å². The molecule has 0 unspecified atom stereocenters. The standard InChI is InChI=1S/C10H16BrN3/c1-7(2)6-14(3)9-4-10(12)13-5-8(9)11/h4-5,7H,6H2,1-3H3,(H2,12,13). The van der Waals surface area contributed by atoms with Crippen LogP contribution in [0.5, 0.6) is 0 Å². The smallest absolute Gasteiger partial charge is 0.125 e. The normalized spacial score (nSPS) is 10.6. The first kappa shape index (κ1) is 11.3. The quantitative estimate of drug-likeness (QED) is 0.905. The van der Waals surface area contributed by atoms with Crippen molar-refractivity contribution in [1.82, 2.24) is 4.98 Å². The largest absolute Gasteiger partial charge is 0.384 e. The summed E-state index contributed by atoms with van der Waals surface area (Å²) in [6.07, 6.45) is 1.74. The molecule has 14 heavy (non-hydrogen) atoms. The topological polar surface area (TPSA) is 42.1 Å². The predicted molar refractivity (Wildman–Crippen MR) is 64.5 cm³/mol. The molecule has 0 aromatic carbocycles. The van der Waals surface area contributed by atoms with Crippen molar-refractivity contribution in [1.29, 1.82) is 0 Å². The molecule has 2 N–H and O–H groups in total. The lowest BCUT2D eigenvalue weighted by Crippen LogP contribution is -2.23. The number of rotatable bonds is 3. The number of anilines is 2. The number of hydrogen-bond donors (Lipinski definition) is 1. The Bertz CT molecular complexity index is 312. The zero-order chi connectivity index (χ0) is 10.7. The van der Waals surface area contributed by atoms with Crippen molar-refractivity contribution in [2.75, 3.05) is 24.2 Å². The maximum Gasteiger partial charge on any atom is 0.125 e. The van der Waals surface area contributed by atoms with Crippen molar-refractivity contribution in [3.63, 3.8) is 0 Å². The highest BCUT2D eigenvalue weighted by Gasteiger charge is 2.08. The Morgan fingerprint density at radius 1 is 1.57 bits per heavy atom. The van der Waals surface area contributed by atoms with Crippen LogP contribution in [0.3, 0.4) is 0 Å². The van der Waals surface area contributed by atoms with Gasteiger partial charge in [0.2, 0.25) is 0 Å². The molecule has 78 valence electrons. The number of hydrogen-bond acceptors (Lipinski definition) is 3. The Kier molecular flexibility index (Phi) is 3.75. The van der Waals surface area contributed by atoms with E-state index in [-0.39, 0.29) is 0 Å². The van der Waals surface area contributed by atoms with E-state index in [1.54, 1.807) is 6.20 Å². The van der Waals surface area contributed by atoms with Crippen LogP contribution in [-0.2, 0) is 0 Å². The molecule has 1 aromatic rings. The molecule has 0 radical (unpaired) electrons. The molecule has 0 aliphatic carbocycles. The Balaban J connectivity index is 2.88. The molecule has 0 atom stereocenters. The number of nitrogens with zero attached hydrogens (tertiary/aromatic N) is 2. The Morgan fingerprint density at radius 3 is 2.79 bits per heavy atom. The number of aromatic nitrogens is 1. The molecule has 0 saturated carbocycles. The van der Waals surface area contributed by atoms with E-state index in [0.717, 1.165) is 16.7 Å². The molecule has 0 spiro atoms. The summed E-state index contributed by atoms with van der Waals surface area (Å²) < 4.78 is 0.981. The van der Waals surface area contributed by atoms with Gasteiger partial charge in [-0.2, -0.15) is 0 Å². The van der Waals surface area contributed by atoms with E-state index in [1.165, 1.54) is 0 Å². The predicted octanol–water partition coefficient (Wildman–Crippen LogP) is 2.52. The van der Waals surface area contributed by atoms with Crippen LogP contribution in [0, 0.1) is 5.92 Å². The second-order valence-electron chi connectivity index (χ2n) is 3.83. The summed E-state index contributed by atoms with van der Waals surface area (Å²) in [6, 6.07) is 1.88. The van der Waals surface area contributed by atoms with Crippen molar-refractivity contribution < 1.29 is 0 Å². The van der Waals surface area contributed by atoms with Crippen LogP contribution in [0.1, 0.15) is 13.8 Å². The van der Waals surface area contributed by atoms with Crippen LogP contribution in [0.15, 0.2) is 16.7 Å². The van der Waals surface area contributed by atoms with E-state index in [1.807, 2.05) is 6.07 Å². The lowest BCUT2D eigenvalue weighted by Gasteiger charge is -2.22. The van der Waals surface area contributed by atoms with Gasteiger partial charge >= 0.3 is 0 Å². The third-order valence-electron chi connectivity index (χ3n) is 1.91. The van der Waals surface area contributed by atoms with Gasteiger partial charge in [-0.25, -0.2) is 4.98 Å². The highest BCUT2D eigenvalue weighted by molar-refractivity contribution is 9.10. The van der Waals surface area contributed by atoms with Crippen molar-refractivity contribution >= 4 is 27.4 Å². The van der Waals surface area contributed by atoms with Gasteiger partial charge < -0.3 is 10.6 Å². The van der Waals surface area contributed by atoms with Crippen LogP contribution >= 0.6 is 15.9 Å². The van der Waals surface area contributed by atoms with E-state index in [4.69, 9.17) is 5.73 Å². The highest BCUT2D eigenvalue weighted by Crippen LogP contribution is 2.26. The molecule has 0 aliphatic heterocycles. The fraction of sp³-hybridized carbons (Fsp3) is 0.500. The maximum absolute atomic E-state index is 5.64. The molecular weight excluding hydrogens is 242 g/mol. The Hall–Kier alpha value is -0.770. The van der Waals surface area contributed by atoms with E-state index in [2.05, 4.69) is 46.7 Å². The first-order valence-corrected chi connectivity index (χ1v) is 5.42. The van der Waals surface area contributed by atoms with Gasteiger partial charge in [0.25, 0.3) is 0 Å². The van der Waals surface area contributed by atoms with E-state index in [0.29, 0.717) is 11.7 Å². The monoisotopic (exact) mass is 257 g/mol. The number of nitrogens with two attached hydrogens (primary N) is 1. The van der Waals surface area contributed by atoms with Gasteiger partial charge in [0.1, 0.15) is 5.82 Å². The van der Waals surface area contributed by atoms with E-state index in [9.17, 15) is 0 Å². The summed E-state index contributed by atoms with van der Waals surface area (Å²) in [5.74, 6) is 1.18. The van der Waals surface area contributed by atoms with Crippen LogP contribution in [-0.4, -0.2) is 18.6 Å². The minimum atomic E-state index is 0.554. The average Bonchev–Trinajstić information content (AvgIpc) is 2.08. The van der Waals surface area contributed by atoms with Gasteiger partial charge in [0.05, 0.1) is 10.2 Å². The van der Waals surface area contributed by atoms with Crippen LogP contribution in [0.2, 0.25) is 0 Å². The maximum atomic E-state index is 5.64. The molecular formula is C10H16BrN3. The Morgan fingerprint density at radius 2 is 2.21 bits per heavy atom. The number of halogens is 1. The SMILES string of the molecule is CC(C)CN(C)c1cc(N)ncc1Br. The van der Waals surface area contributed by atoms with Crippen molar-refractivity contribution in [2.45, 2.75) is 13.8 Å². The zero-order valence-electron chi connectivity index (χ0n) is 8.79. The Labute approximate surface area is 93.4 Å². The summed E-state index contributed by atoms with van der Waals surface area (Å²) in [5.41, 5.74) is 6.73. The molecule has 3 nitrogen and oxygen atoms in total. The molecule has 0 amide bonds. The fourth-order valence-corrected chi connectivity index (χ4v) is 1.90. The molecule has 1 rings (SSSR count). The van der Waals surface area contributed by atoms with E-state index >= 15 is 0 Å². The lowest BCUT2D eigenvalue weighted by molar-refractivity contribution is 0.638. The zero-order valence-corrected chi connectivity index (χ0v) is 10.4. The summed E-state index contributed by atoms with van der Waals surface area (Å²) in [4.78, 5) is 6.18. The molecule has 0 fully saturated rings. The molecule has 1 aromatic heterocycles. The summed E-state index contributed by atoms with van der Waals surface area (Å²) in [6.45, 7) is 5.38. The van der Waals surface area contributed by atoms with Crippen LogP contribution in [0.4, 0.5) is 11.5 Å². The summed E-state index contributed by atoms with van der Waals surface area (Å²) in [5, 5.41) is 0.